The van der Waals surface area contributed by atoms with Crippen LogP contribution in [-0.2, 0) is 4.79 Å². The molecule has 0 aliphatic carbocycles. The molecule has 1 aromatic carbocycles. The quantitative estimate of drug-likeness (QED) is 0.785. The second kappa shape index (κ2) is 7.13. The van der Waals surface area contributed by atoms with E-state index in [4.69, 9.17) is 5.11 Å². The van der Waals surface area contributed by atoms with Gasteiger partial charge in [0.25, 0.3) is 0 Å². The van der Waals surface area contributed by atoms with Crippen molar-refractivity contribution in [3.05, 3.63) is 35.9 Å². The number of hydrogen-bond acceptors (Lipinski definition) is 1. The van der Waals surface area contributed by atoms with Gasteiger partial charge in [-0.15, -0.1) is 0 Å². The van der Waals surface area contributed by atoms with Crippen LogP contribution in [0.3, 0.4) is 0 Å². The number of aliphatic carboxylic acids is 1. The minimum Gasteiger partial charge on any atom is -0.481 e. The fraction of sp³-hybridized carbons (Fsp3) is 0.417. The third-order valence-corrected chi connectivity index (χ3v) is 1.97. The highest BCUT2D eigenvalue weighted by molar-refractivity contribution is 5.69. The van der Waals surface area contributed by atoms with Gasteiger partial charge in [0.1, 0.15) is 0 Å². The van der Waals surface area contributed by atoms with Gasteiger partial charge >= 0.3 is 5.97 Å². The van der Waals surface area contributed by atoms with E-state index in [1.165, 1.54) is 5.56 Å². The van der Waals surface area contributed by atoms with Crippen LogP contribution in [0.25, 0.3) is 0 Å². The van der Waals surface area contributed by atoms with E-state index in [9.17, 15) is 4.79 Å². The molecule has 0 aliphatic heterocycles. The van der Waals surface area contributed by atoms with E-state index in [2.05, 4.69) is 19.1 Å². The zero-order chi connectivity index (χ0) is 11.0. The first-order valence-corrected chi connectivity index (χ1v) is 4.82. The van der Waals surface area contributed by atoms with E-state index in [0.717, 1.165) is 6.42 Å². The predicted octanol–water partition coefficient (Wildman–Crippen LogP) is 3.11. The first-order chi connectivity index (χ1) is 6.57. The number of rotatable bonds is 2. The summed E-state index contributed by atoms with van der Waals surface area (Å²) in [6.45, 7) is 5.64. The van der Waals surface area contributed by atoms with Crippen molar-refractivity contribution in [3.8, 4) is 0 Å². The molecule has 0 amide bonds. The predicted molar refractivity (Wildman–Crippen MR) is 58.3 cm³/mol. The number of carbonyl (C=O) groups is 1. The van der Waals surface area contributed by atoms with Crippen LogP contribution in [0.4, 0.5) is 0 Å². The van der Waals surface area contributed by atoms with Crippen molar-refractivity contribution >= 4 is 5.97 Å². The maximum atomic E-state index is 9.93. The molecule has 0 saturated carbocycles. The van der Waals surface area contributed by atoms with Crippen LogP contribution < -0.4 is 0 Å². The third-order valence-electron chi connectivity index (χ3n) is 1.97. The van der Waals surface area contributed by atoms with E-state index in [-0.39, 0.29) is 5.92 Å². The van der Waals surface area contributed by atoms with Crippen LogP contribution in [0.15, 0.2) is 30.3 Å². The molecule has 0 spiro atoms. The molecule has 1 unspecified atom stereocenters. The zero-order valence-electron chi connectivity index (χ0n) is 9.03. The number of benzene rings is 1. The molecule has 1 atom stereocenters. The van der Waals surface area contributed by atoms with Gasteiger partial charge in [0.05, 0.1) is 5.92 Å². The Morgan fingerprint density at radius 2 is 1.86 bits per heavy atom. The second-order valence-corrected chi connectivity index (χ2v) is 3.30. The van der Waals surface area contributed by atoms with E-state index in [1.54, 1.807) is 6.92 Å². The number of aryl methyl sites for hydroxylation is 1. The molecular formula is C12H18O2. The molecule has 14 heavy (non-hydrogen) atoms. The Morgan fingerprint density at radius 3 is 2.00 bits per heavy atom. The maximum Gasteiger partial charge on any atom is 0.306 e. The molecule has 1 rings (SSSR count). The molecule has 0 heterocycles. The molecule has 0 aromatic heterocycles. The molecule has 2 heteroatoms. The Labute approximate surface area is 85.6 Å². The van der Waals surface area contributed by atoms with Gasteiger partial charge in [-0.25, -0.2) is 0 Å². The number of carboxylic acid groups (broad SMARTS) is 1. The van der Waals surface area contributed by atoms with Crippen molar-refractivity contribution in [2.75, 3.05) is 0 Å². The van der Waals surface area contributed by atoms with E-state index in [1.807, 2.05) is 25.1 Å². The molecule has 0 radical (unpaired) electrons. The maximum absolute atomic E-state index is 9.93. The normalized spacial score (nSPS) is 11.1. The van der Waals surface area contributed by atoms with Crippen molar-refractivity contribution in [2.24, 2.45) is 5.92 Å². The number of carboxylic acids is 1. The van der Waals surface area contributed by atoms with Crippen molar-refractivity contribution in [1.29, 1.82) is 0 Å². The standard InChI is InChI=1S/C7H8.C5H10O2/c1-7-5-3-2-4-6-7;1-3-4(2)5(6)7/h2-6H,1H3;4H,3H2,1-2H3,(H,6,7). The molecule has 0 bridgehead atoms. The Morgan fingerprint density at radius 1 is 1.36 bits per heavy atom. The van der Waals surface area contributed by atoms with E-state index < -0.39 is 5.97 Å². The third kappa shape index (κ3) is 6.23. The molecular weight excluding hydrogens is 176 g/mol. The summed E-state index contributed by atoms with van der Waals surface area (Å²) in [6, 6.07) is 10.3. The van der Waals surface area contributed by atoms with E-state index >= 15 is 0 Å². The van der Waals surface area contributed by atoms with Gasteiger partial charge in [0, 0.05) is 0 Å². The molecule has 1 N–H and O–H groups in total. The lowest BCUT2D eigenvalue weighted by Gasteiger charge is -1.96. The topological polar surface area (TPSA) is 37.3 Å². The SMILES string of the molecule is CCC(C)C(=O)O.Cc1ccccc1. The van der Waals surface area contributed by atoms with E-state index in [0.29, 0.717) is 0 Å². The van der Waals surface area contributed by atoms with Gasteiger partial charge in [0.2, 0.25) is 0 Å². The molecule has 1 aromatic rings. The van der Waals surface area contributed by atoms with Crippen LogP contribution in [0.1, 0.15) is 25.8 Å². The summed E-state index contributed by atoms with van der Waals surface area (Å²) in [5.41, 5.74) is 1.32. The van der Waals surface area contributed by atoms with Crippen molar-refractivity contribution in [1.82, 2.24) is 0 Å². The fourth-order valence-electron chi connectivity index (χ4n) is 0.709. The monoisotopic (exact) mass is 194 g/mol. The summed E-state index contributed by atoms with van der Waals surface area (Å²) in [5.74, 6) is -0.887. The second-order valence-electron chi connectivity index (χ2n) is 3.30. The lowest BCUT2D eigenvalue weighted by atomic mass is 10.1. The Hall–Kier alpha value is -1.31. The average molecular weight is 194 g/mol. The van der Waals surface area contributed by atoms with Crippen LogP contribution in [0, 0.1) is 12.8 Å². The summed E-state index contributed by atoms with van der Waals surface area (Å²) >= 11 is 0. The molecule has 78 valence electrons. The van der Waals surface area contributed by atoms with Crippen LogP contribution in [0.5, 0.6) is 0 Å². The van der Waals surface area contributed by atoms with Gasteiger partial charge in [0.15, 0.2) is 0 Å². The average Bonchev–Trinajstić information content (AvgIpc) is 2.18. The van der Waals surface area contributed by atoms with Gasteiger partial charge in [-0.1, -0.05) is 49.7 Å². The molecule has 0 fully saturated rings. The minimum atomic E-state index is -0.706. The van der Waals surface area contributed by atoms with Crippen LogP contribution in [0.2, 0.25) is 0 Å². The highest BCUT2D eigenvalue weighted by Crippen LogP contribution is 1.97. The van der Waals surface area contributed by atoms with Crippen LogP contribution >= 0.6 is 0 Å². The fourth-order valence-corrected chi connectivity index (χ4v) is 0.709. The van der Waals surface area contributed by atoms with Gasteiger partial charge in [-0.05, 0) is 13.3 Å². The molecule has 2 nitrogen and oxygen atoms in total. The zero-order valence-corrected chi connectivity index (χ0v) is 9.03. The van der Waals surface area contributed by atoms with Crippen molar-refractivity contribution in [2.45, 2.75) is 27.2 Å². The molecule has 0 aliphatic rings. The first kappa shape index (κ1) is 12.7. The van der Waals surface area contributed by atoms with Gasteiger partial charge in [-0.2, -0.15) is 0 Å². The lowest BCUT2D eigenvalue weighted by molar-refractivity contribution is -0.141. The van der Waals surface area contributed by atoms with Gasteiger partial charge < -0.3 is 5.11 Å². The summed E-state index contributed by atoms with van der Waals surface area (Å²) < 4.78 is 0. The summed E-state index contributed by atoms with van der Waals surface area (Å²) in [7, 11) is 0. The smallest absolute Gasteiger partial charge is 0.306 e. The Kier molecular flexibility index (Phi) is 6.46. The summed E-state index contributed by atoms with van der Waals surface area (Å²) in [6.07, 6.45) is 0.718. The Balaban J connectivity index is 0.000000241. The van der Waals surface area contributed by atoms with Crippen LogP contribution in [-0.4, -0.2) is 11.1 Å². The summed E-state index contributed by atoms with van der Waals surface area (Å²) in [4.78, 5) is 9.93. The first-order valence-electron chi connectivity index (χ1n) is 4.82. The summed E-state index contributed by atoms with van der Waals surface area (Å²) in [5, 5.41) is 8.18. The minimum absolute atomic E-state index is 0.181. The highest BCUT2D eigenvalue weighted by atomic mass is 16.4. The number of hydrogen-bond donors (Lipinski definition) is 1. The molecule has 0 saturated heterocycles. The highest BCUT2D eigenvalue weighted by Gasteiger charge is 2.05. The largest absolute Gasteiger partial charge is 0.481 e. The van der Waals surface area contributed by atoms with Crippen molar-refractivity contribution in [3.63, 3.8) is 0 Å². The van der Waals surface area contributed by atoms with Crippen molar-refractivity contribution < 1.29 is 9.90 Å². The lowest BCUT2D eigenvalue weighted by Crippen LogP contribution is -2.06. The van der Waals surface area contributed by atoms with Gasteiger partial charge in [-0.3, -0.25) is 4.79 Å². The Bertz CT molecular complexity index is 254.